The van der Waals surface area contributed by atoms with Crippen LogP contribution in [0, 0.1) is 0 Å². The minimum absolute atomic E-state index is 0.0573. The van der Waals surface area contributed by atoms with Gasteiger partial charge in [-0.1, -0.05) is 12.2 Å². The highest BCUT2D eigenvalue weighted by Crippen LogP contribution is 2.02. The number of amides is 3. The molecule has 6 heteroatoms. The summed E-state index contributed by atoms with van der Waals surface area (Å²) in [6.07, 6.45) is 4.89. The normalized spacial score (nSPS) is 14.5. The maximum atomic E-state index is 11.5. The SMILES string of the molecule is O=C(O)CCCC(=O)NC(=O)N1CC=CCC1. The largest absolute Gasteiger partial charge is 0.481 e. The summed E-state index contributed by atoms with van der Waals surface area (Å²) >= 11 is 0. The summed E-state index contributed by atoms with van der Waals surface area (Å²) in [5, 5.41) is 10.6. The zero-order valence-corrected chi connectivity index (χ0v) is 9.52. The monoisotopic (exact) mass is 240 g/mol. The molecule has 0 aliphatic carbocycles. The molecule has 94 valence electrons. The molecule has 6 nitrogen and oxygen atoms in total. The number of rotatable bonds is 4. The quantitative estimate of drug-likeness (QED) is 0.709. The Labute approximate surface area is 99.3 Å². The average Bonchev–Trinajstić information content (AvgIpc) is 2.29. The van der Waals surface area contributed by atoms with Crippen LogP contribution in [0.3, 0.4) is 0 Å². The molecule has 0 unspecified atom stereocenters. The van der Waals surface area contributed by atoms with E-state index in [-0.39, 0.29) is 19.3 Å². The summed E-state index contributed by atoms with van der Waals surface area (Å²) < 4.78 is 0. The number of carbonyl (C=O) groups excluding carboxylic acids is 2. The third-order valence-electron chi connectivity index (χ3n) is 2.39. The van der Waals surface area contributed by atoms with Gasteiger partial charge in [0.25, 0.3) is 0 Å². The lowest BCUT2D eigenvalue weighted by molar-refractivity contribution is -0.137. The van der Waals surface area contributed by atoms with Crippen molar-refractivity contribution in [2.75, 3.05) is 13.1 Å². The fraction of sp³-hybridized carbons (Fsp3) is 0.545. The van der Waals surface area contributed by atoms with Gasteiger partial charge in [0.15, 0.2) is 0 Å². The Morgan fingerprint density at radius 2 is 2.00 bits per heavy atom. The second kappa shape index (κ2) is 6.67. The summed E-state index contributed by atoms with van der Waals surface area (Å²) in [5.74, 6) is -1.36. The first-order valence-electron chi connectivity index (χ1n) is 5.55. The summed E-state index contributed by atoms with van der Waals surface area (Å²) in [7, 11) is 0. The predicted octanol–water partition coefficient (Wildman–Crippen LogP) is 0.739. The van der Waals surface area contributed by atoms with Crippen molar-refractivity contribution in [3.8, 4) is 0 Å². The van der Waals surface area contributed by atoms with Crippen molar-refractivity contribution in [2.45, 2.75) is 25.7 Å². The second-order valence-corrected chi connectivity index (χ2v) is 3.81. The van der Waals surface area contributed by atoms with E-state index in [1.54, 1.807) is 0 Å². The molecule has 0 aromatic carbocycles. The molecule has 1 rings (SSSR count). The fourth-order valence-electron chi connectivity index (χ4n) is 1.49. The lowest BCUT2D eigenvalue weighted by atomic mass is 10.2. The molecule has 1 heterocycles. The van der Waals surface area contributed by atoms with Crippen molar-refractivity contribution in [2.24, 2.45) is 0 Å². The Kier molecular flexibility index (Phi) is 5.19. The molecule has 0 aromatic heterocycles. The van der Waals surface area contributed by atoms with Crippen LogP contribution >= 0.6 is 0 Å². The topological polar surface area (TPSA) is 86.7 Å². The van der Waals surface area contributed by atoms with E-state index in [9.17, 15) is 14.4 Å². The number of imide groups is 1. The smallest absolute Gasteiger partial charge is 0.324 e. The first-order valence-corrected chi connectivity index (χ1v) is 5.55. The van der Waals surface area contributed by atoms with E-state index in [0.717, 1.165) is 6.42 Å². The molecule has 0 aromatic rings. The molecule has 1 aliphatic heterocycles. The molecule has 0 radical (unpaired) electrons. The van der Waals surface area contributed by atoms with Crippen molar-refractivity contribution in [3.63, 3.8) is 0 Å². The molecule has 3 amide bonds. The van der Waals surface area contributed by atoms with Crippen LogP contribution in [0.15, 0.2) is 12.2 Å². The number of carboxylic acid groups (broad SMARTS) is 1. The molecular weight excluding hydrogens is 224 g/mol. The van der Waals surface area contributed by atoms with Crippen LogP contribution in [-0.4, -0.2) is 41.0 Å². The Bertz CT molecular complexity index is 338. The van der Waals surface area contributed by atoms with Crippen molar-refractivity contribution in [1.82, 2.24) is 10.2 Å². The zero-order chi connectivity index (χ0) is 12.7. The number of carbonyl (C=O) groups is 3. The predicted molar refractivity (Wildman–Crippen MR) is 60.4 cm³/mol. The highest BCUT2D eigenvalue weighted by atomic mass is 16.4. The van der Waals surface area contributed by atoms with Gasteiger partial charge in [0.05, 0.1) is 0 Å². The third-order valence-corrected chi connectivity index (χ3v) is 2.39. The Morgan fingerprint density at radius 3 is 2.59 bits per heavy atom. The number of carboxylic acids is 1. The maximum Gasteiger partial charge on any atom is 0.324 e. The molecule has 2 N–H and O–H groups in total. The molecule has 1 aliphatic rings. The van der Waals surface area contributed by atoms with Crippen molar-refractivity contribution >= 4 is 17.9 Å². The highest BCUT2D eigenvalue weighted by Gasteiger charge is 2.16. The van der Waals surface area contributed by atoms with Crippen LogP contribution in [0.25, 0.3) is 0 Å². The van der Waals surface area contributed by atoms with Crippen LogP contribution in [0.5, 0.6) is 0 Å². The fourth-order valence-corrected chi connectivity index (χ4v) is 1.49. The second-order valence-electron chi connectivity index (χ2n) is 3.81. The molecule has 0 saturated carbocycles. The van der Waals surface area contributed by atoms with Crippen LogP contribution < -0.4 is 5.32 Å². The number of urea groups is 1. The van der Waals surface area contributed by atoms with Gasteiger partial charge < -0.3 is 10.0 Å². The van der Waals surface area contributed by atoms with Crippen LogP contribution in [0.2, 0.25) is 0 Å². The van der Waals surface area contributed by atoms with E-state index in [4.69, 9.17) is 5.11 Å². The van der Waals surface area contributed by atoms with Gasteiger partial charge >= 0.3 is 12.0 Å². The number of hydrogen-bond acceptors (Lipinski definition) is 3. The summed E-state index contributed by atoms with van der Waals surface area (Å²) in [4.78, 5) is 34.6. The van der Waals surface area contributed by atoms with E-state index in [1.165, 1.54) is 4.90 Å². The van der Waals surface area contributed by atoms with Gasteiger partial charge in [-0.25, -0.2) is 4.79 Å². The number of nitrogens with one attached hydrogen (secondary N) is 1. The molecular formula is C11H16N2O4. The van der Waals surface area contributed by atoms with E-state index >= 15 is 0 Å². The molecule has 0 fully saturated rings. The van der Waals surface area contributed by atoms with E-state index < -0.39 is 17.9 Å². The van der Waals surface area contributed by atoms with Gasteiger partial charge in [0, 0.05) is 25.9 Å². The van der Waals surface area contributed by atoms with Gasteiger partial charge in [0.1, 0.15) is 0 Å². The Morgan fingerprint density at radius 1 is 1.24 bits per heavy atom. The Balaban J connectivity index is 2.23. The standard InChI is InChI=1S/C11H16N2O4/c14-9(5-4-6-10(15)16)12-11(17)13-7-2-1-3-8-13/h1-2H,3-8H2,(H,15,16)(H,12,14,17). The van der Waals surface area contributed by atoms with E-state index in [0.29, 0.717) is 13.1 Å². The lowest BCUT2D eigenvalue weighted by Gasteiger charge is -2.23. The first kappa shape index (κ1) is 13.2. The number of nitrogens with zero attached hydrogens (tertiary/aromatic N) is 1. The zero-order valence-electron chi connectivity index (χ0n) is 9.52. The van der Waals surface area contributed by atoms with E-state index in [1.807, 2.05) is 12.2 Å². The summed E-state index contributed by atoms with van der Waals surface area (Å²) in [5.41, 5.74) is 0. The van der Waals surface area contributed by atoms with Crippen LogP contribution in [0.1, 0.15) is 25.7 Å². The molecule has 0 atom stereocenters. The minimum atomic E-state index is -0.940. The molecule has 0 spiro atoms. The average molecular weight is 240 g/mol. The number of hydrogen-bond donors (Lipinski definition) is 2. The van der Waals surface area contributed by atoms with Crippen molar-refractivity contribution in [3.05, 3.63) is 12.2 Å². The lowest BCUT2D eigenvalue weighted by Crippen LogP contribution is -2.44. The van der Waals surface area contributed by atoms with E-state index in [2.05, 4.69) is 5.32 Å². The Hall–Kier alpha value is -1.85. The minimum Gasteiger partial charge on any atom is -0.481 e. The van der Waals surface area contributed by atoms with Gasteiger partial charge in [-0.3, -0.25) is 14.9 Å². The molecule has 0 bridgehead atoms. The summed E-state index contributed by atoms with van der Waals surface area (Å²) in [6, 6.07) is -0.408. The van der Waals surface area contributed by atoms with Gasteiger partial charge in [-0.15, -0.1) is 0 Å². The van der Waals surface area contributed by atoms with Crippen LogP contribution in [-0.2, 0) is 9.59 Å². The van der Waals surface area contributed by atoms with Crippen LogP contribution in [0.4, 0.5) is 4.79 Å². The molecule has 0 saturated heterocycles. The summed E-state index contributed by atoms with van der Waals surface area (Å²) in [6.45, 7) is 1.11. The maximum absolute atomic E-state index is 11.5. The van der Waals surface area contributed by atoms with Gasteiger partial charge in [0.2, 0.25) is 5.91 Å². The molecule has 17 heavy (non-hydrogen) atoms. The first-order chi connectivity index (χ1) is 8.09. The van der Waals surface area contributed by atoms with Crippen molar-refractivity contribution in [1.29, 1.82) is 0 Å². The third kappa shape index (κ3) is 5.14. The van der Waals surface area contributed by atoms with Gasteiger partial charge in [-0.2, -0.15) is 0 Å². The van der Waals surface area contributed by atoms with Gasteiger partial charge in [-0.05, 0) is 12.8 Å². The van der Waals surface area contributed by atoms with Crippen molar-refractivity contribution < 1.29 is 19.5 Å². The highest BCUT2D eigenvalue weighted by molar-refractivity contribution is 5.94. The number of aliphatic carboxylic acids is 1.